The third-order valence-corrected chi connectivity index (χ3v) is 5.23. The Morgan fingerprint density at radius 1 is 0.900 bits per heavy atom. The van der Waals surface area contributed by atoms with Crippen molar-refractivity contribution in [2.75, 3.05) is 10.6 Å². The molecule has 0 radical (unpaired) electrons. The molecule has 1 atom stereocenters. The van der Waals surface area contributed by atoms with Gasteiger partial charge in [-0.15, -0.1) is 0 Å². The third-order valence-electron chi connectivity index (χ3n) is 5.03. The third kappa shape index (κ3) is 6.16. The lowest BCUT2D eigenvalue weighted by Crippen LogP contribution is -2.23. The predicted octanol–water partition coefficient (Wildman–Crippen LogP) is 5.94. The highest BCUT2D eigenvalue weighted by molar-refractivity contribution is 7.80. The molecular weight excluding hydrogens is 390 g/mol. The molecule has 0 fully saturated rings. The van der Waals surface area contributed by atoms with Crippen LogP contribution in [0, 0.1) is 0 Å². The number of anilines is 2. The summed E-state index contributed by atoms with van der Waals surface area (Å²) < 4.78 is 0. The molecule has 0 aliphatic carbocycles. The van der Waals surface area contributed by atoms with E-state index >= 15 is 0 Å². The van der Waals surface area contributed by atoms with Gasteiger partial charge in [0.05, 0.1) is 0 Å². The van der Waals surface area contributed by atoms with Crippen molar-refractivity contribution in [1.29, 1.82) is 0 Å². The van der Waals surface area contributed by atoms with Gasteiger partial charge in [-0.2, -0.15) is 0 Å². The molecule has 0 heterocycles. The molecule has 3 aromatic rings. The van der Waals surface area contributed by atoms with Gasteiger partial charge in [-0.1, -0.05) is 62.4 Å². The average molecular weight is 418 g/mol. The second-order valence-electron chi connectivity index (χ2n) is 7.26. The zero-order valence-corrected chi connectivity index (χ0v) is 18.1. The lowest BCUT2D eigenvalue weighted by atomic mass is 9.99. The van der Waals surface area contributed by atoms with Crippen molar-refractivity contribution in [1.82, 2.24) is 5.32 Å². The molecule has 5 heteroatoms. The molecule has 0 aromatic heterocycles. The quantitative estimate of drug-likeness (QED) is 0.417. The van der Waals surface area contributed by atoms with Crippen LogP contribution in [0.2, 0.25) is 0 Å². The summed E-state index contributed by atoms with van der Waals surface area (Å²) in [6.45, 7) is 4.90. The predicted molar refractivity (Wildman–Crippen MR) is 129 cm³/mol. The average Bonchev–Trinajstić information content (AvgIpc) is 2.78. The zero-order valence-electron chi connectivity index (χ0n) is 17.3. The highest BCUT2D eigenvalue weighted by Gasteiger charge is 2.08. The van der Waals surface area contributed by atoms with Crippen molar-refractivity contribution in [3.63, 3.8) is 0 Å². The number of carbonyl (C=O) groups excluding carboxylic acids is 1. The number of hydrogen-bond acceptors (Lipinski definition) is 2. The fourth-order valence-electron chi connectivity index (χ4n) is 3.04. The number of benzene rings is 3. The summed E-state index contributed by atoms with van der Waals surface area (Å²) >= 11 is 5.43. The Labute approximate surface area is 183 Å². The van der Waals surface area contributed by atoms with Gasteiger partial charge in [0, 0.05) is 23.5 Å². The summed E-state index contributed by atoms with van der Waals surface area (Å²) in [5, 5.41) is 9.76. The molecule has 0 bridgehead atoms. The number of amides is 1. The zero-order chi connectivity index (χ0) is 21.3. The Kier molecular flexibility index (Phi) is 7.57. The van der Waals surface area contributed by atoms with E-state index in [2.05, 4.69) is 41.9 Å². The van der Waals surface area contributed by atoms with Gasteiger partial charge in [0.15, 0.2) is 5.11 Å². The van der Waals surface area contributed by atoms with Gasteiger partial charge < -0.3 is 16.0 Å². The van der Waals surface area contributed by atoms with Crippen LogP contribution in [0.3, 0.4) is 0 Å². The molecule has 0 saturated heterocycles. The van der Waals surface area contributed by atoms with Gasteiger partial charge in [-0.25, -0.2) is 0 Å². The van der Waals surface area contributed by atoms with E-state index in [0.29, 0.717) is 23.1 Å². The molecule has 3 aromatic carbocycles. The highest BCUT2D eigenvalue weighted by Crippen LogP contribution is 2.20. The summed E-state index contributed by atoms with van der Waals surface area (Å²) in [7, 11) is 0. The first-order valence-corrected chi connectivity index (χ1v) is 10.6. The van der Waals surface area contributed by atoms with Gasteiger partial charge in [-0.05, 0) is 66.0 Å². The maximum atomic E-state index is 12.5. The van der Waals surface area contributed by atoms with Crippen LogP contribution in [0.15, 0.2) is 78.9 Å². The first kappa shape index (κ1) is 21.5. The summed E-state index contributed by atoms with van der Waals surface area (Å²) in [4.78, 5) is 12.5. The maximum absolute atomic E-state index is 12.5. The van der Waals surface area contributed by atoms with Crippen molar-refractivity contribution in [2.45, 2.75) is 32.7 Å². The van der Waals surface area contributed by atoms with Crippen LogP contribution in [0.4, 0.5) is 11.4 Å². The van der Waals surface area contributed by atoms with Crippen LogP contribution >= 0.6 is 12.2 Å². The molecule has 154 valence electrons. The summed E-state index contributed by atoms with van der Waals surface area (Å²) in [5.74, 6) is 0.418. The van der Waals surface area contributed by atoms with Gasteiger partial charge >= 0.3 is 0 Å². The van der Waals surface area contributed by atoms with E-state index in [1.165, 1.54) is 5.56 Å². The van der Waals surface area contributed by atoms with Crippen LogP contribution in [-0.4, -0.2) is 11.0 Å². The van der Waals surface area contributed by atoms with Crippen LogP contribution in [0.5, 0.6) is 0 Å². The Hall–Kier alpha value is -3.18. The minimum absolute atomic E-state index is 0.123. The van der Waals surface area contributed by atoms with Gasteiger partial charge in [0.25, 0.3) is 5.91 Å². The van der Waals surface area contributed by atoms with E-state index in [1.54, 1.807) is 12.1 Å². The standard InChI is InChI=1S/C25H27N3OS/c1-3-18(2)20-12-14-22(15-13-20)27-25(30)28-23-11-7-10-21(16-23)24(29)26-17-19-8-5-4-6-9-19/h4-16,18H,3,17H2,1-2H3,(H,26,29)(H2,27,28,30). The molecule has 0 aliphatic heterocycles. The molecule has 3 N–H and O–H groups in total. The minimum atomic E-state index is -0.123. The second kappa shape index (κ2) is 10.6. The topological polar surface area (TPSA) is 53.2 Å². The lowest BCUT2D eigenvalue weighted by molar-refractivity contribution is 0.0951. The first-order chi connectivity index (χ1) is 14.5. The Morgan fingerprint density at radius 3 is 2.30 bits per heavy atom. The molecule has 1 amide bonds. The maximum Gasteiger partial charge on any atom is 0.251 e. The molecule has 4 nitrogen and oxygen atoms in total. The number of hydrogen-bond donors (Lipinski definition) is 3. The van der Waals surface area contributed by atoms with E-state index in [4.69, 9.17) is 12.2 Å². The van der Waals surface area contributed by atoms with E-state index in [9.17, 15) is 4.79 Å². The monoisotopic (exact) mass is 417 g/mol. The van der Waals surface area contributed by atoms with Crippen molar-refractivity contribution >= 4 is 34.6 Å². The highest BCUT2D eigenvalue weighted by atomic mass is 32.1. The SMILES string of the molecule is CCC(C)c1ccc(NC(=S)Nc2cccc(C(=O)NCc3ccccc3)c2)cc1. The number of thiocarbonyl (C=S) groups is 1. The lowest BCUT2D eigenvalue weighted by Gasteiger charge is -2.13. The van der Waals surface area contributed by atoms with E-state index in [0.717, 1.165) is 23.4 Å². The van der Waals surface area contributed by atoms with Gasteiger partial charge in [0.2, 0.25) is 0 Å². The smallest absolute Gasteiger partial charge is 0.251 e. The van der Waals surface area contributed by atoms with Crippen LogP contribution in [-0.2, 0) is 6.54 Å². The van der Waals surface area contributed by atoms with E-state index in [-0.39, 0.29) is 5.91 Å². The molecule has 0 spiro atoms. The number of rotatable bonds is 7. The summed E-state index contributed by atoms with van der Waals surface area (Å²) in [5.41, 5.74) is 4.64. The summed E-state index contributed by atoms with van der Waals surface area (Å²) in [6, 6.07) is 25.4. The first-order valence-electron chi connectivity index (χ1n) is 10.2. The summed E-state index contributed by atoms with van der Waals surface area (Å²) in [6.07, 6.45) is 1.11. The Bertz CT molecular complexity index is 987. The minimum Gasteiger partial charge on any atom is -0.348 e. The van der Waals surface area contributed by atoms with E-state index in [1.807, 2.05) is 54.6 Å². The normalized spacial score (nSPS) is 11.4. The molecule has 1 unspecified atom stereocenters. The van der Waals surface area contributed by atoms with Gasteiger partial charge in [-0.3, -0.25) is 4.79 Å². The molecular formula is C25H27N3OS. The van der Waals surface area contributed by atoms with Crippen molar-refractivity contribution in [3.05, 3.63) is 95.6 Å². The fraction of sp³-hybridized carbons (Fsp3) is 0.200. The molecule has 3 rings (SSSR count). The second-order valence-corrected chi connectivity index (χ2v) is 7.67. The van der Waals surface area contributed by atoms with E-state index < -0.39 is 0 Å². The van der Waals surface area contributed by atoms with Crippen molar-refractivity contribution in [2.24, 2.45) is 0 Å². The van der Waals surface area contributed by atoms with Crippen LogP contribution in [0.1, 0.15) is 47.7 Å². The Balaban J connectivity index is 1.56. The molecule has 0 aliphatic rings. The van der Waals surface area contributed by atoms with Crippen molar-refractivity contribution in [3.8, 4) is 0 Å². The van der Waals surface area contributed by atoms with Gasteiger partial charge in [0.1, 0.15) is 0 Å². The number of nitrogens with one attached hydrogen (secondary N) is 3. The molecule has 30 heavy (non-hydrogen) atoms. The Morgan fingerprint density at radius 2 is 1.60 bits per heavy atom. The fourth-order valence-corrected chi connectivity index (χ4v) is 3.28. The largest absolute Gasteiger partial charge is 0.348 e. The van der Waals surface area contributed by atoms with Crippen LogP contribution < -0.4 is 16.0 Å². The number of carbonyl (C=O) groups is 1. The van der Waals surface area contributed by atoms with Crippen LogP contribution in [0.25, 0.3) is 0 Å². The molecule has 0 saturated carbocycles. The van der Waals surface area contributed by atoms with Crippen molar-refractivity contribution < 1.29 is 4.79 Å².